The van der Waals surface area contributed by atoms with E-state index in [9.17, 15) is 9.18 Å². The van der Waals surface area contributed by atoms with Gasteiger partial charge in [0.25, 0.3) is 5.91 Å². The summed E-state index contributed by atoms with van der Waals surface area (Å²) >= 11 is 0. The molecule has 19 heavy (non-hydrogen) atoms. The second-order valence-electron chi connectivity index (χ2n) is 3.88. The first kappa shape index (κ1) is 15.0. The molecule has 0 saturated carbocycles. The third-order valence-corrected chi connectivity index (χ3v) is 2.52. The van der Waals surface area contributed by atoms with Gasteiger partial charge in [0.05, 0.1) is 0 Å². The molecule has 2 aromatic rings. The Bertz CT molecular complexity index is 568. The highest BCUT2D eigenvalue weighted by Gasteiger charge is 2.09. The van der Waals surface area contributed by atoms with Gasteiger partial charge in [0.1, 0.15) is 17.3 Å². The Balaban J connectivity index is 0.00000180. The first-order chi connectivity index (χ1) is 8.56. The number of aryl methyl sites for hydroxylation is 1. The minimum absolute atomic E-state index is 0. The molecule has 0 aliphatic carbocycles. The van der Waals surface area contributed by atoms with Crippen molar-refractivity contribution in [3.8, 4) is 0 Å². The van der Waals surface area contributed by atoms with Crippen LogP contribution in [0.1, 0.15) is 16.1 Å². The highest BCUT2D eigenvalue weighted by Crippen LogP contribution is 2.10. The highest BCUT2D eigenvalue weighted by atomic mass is 35.5. The van der Waals surface area contributed by atoms with Crippen LogP contribution in [0.4, 0.5) is 10.2 Å². The zero-order valence-corrected chi connectivity index (χ0v) is 11.1. The number of rotatable bonds is 4. The van der Waals surface area contributed by atoms with Crippen molar-refractivity contribution in [2.45, 2.75) is 6.54 Å². The van der Waals surface area contributed by atoms with Crippen molar-refractivity contribution in [3.63, 3.8) is 0 Å². The van der Waals surface area contributed by atoms with Crippen LogP contribution in [0, 0.1) is 5.82 Å². The lowest BCUT2D eigenvalue weighted by Crippen LogP contribution is -2.15. The zero-order chi connectivity index (χ0) is 13.1. The number of anilines is 1. The Hall–Kier alpha value is -2.08. The fourth-order valence-corrected chi connectivity index (χ4v) is 1.58. The van der Waals surface area contributed by atoms with Crippen molar-refractivity contribution < 1.29 is 9.18 Å². The summed E-state index contributed by atoms with van der Waals surface area (Å²) < 4.78 is 14.1. The molecule has 0 aliphatic heterocycles. The van der Waals surface area contributed by atoms with Gasteiger partial charge in [-0.1, -0.05) is 12.1 Å². The van der Waals surface area contributed by atoms with Gasteiger partial charge >= 0.3 is 0 Å². The van der Waals surface area contributed by atoms with Crippen LogP contribution in [-0.2, 0) is 13.6 Å². The van der Waals surface area contributed by atoms with Crippen LogP contribution in [0.15, 0.2) is 30.3 Å². The molecule has 0 saturated heterocycles. The summed E-state index contributed by atoms with van der Waals surface area (Å²) in [5, 5.41) is 7.13. The molecular weight excluding hydrogens is 271 g/mol. The first-order valence-electron chi connectivity index (χ1n) is 5.38. The average molecular weight is 285 g/mol. The predicted octanol–water partition coefficient (Wildman–Crippen LogP) is 1.69. The third kappa shape index (κ3) is 3.69. The highest BCUT2D eigenvalue weighted by molar-refractivity contribution is 5.91. The van der Waals surface area contributed by atoms with Gasteiger partial charge in [-0.3, -0.25) is 9.48 Å². The van der Waals surface area contributed by atoms with Gasteiger partial charge in [-0.15, -0.1) is 12.4 Å². The molecule has 0 unspecified atom stereocenters. The van der Waals surface area contributed by atoms with Gasteiger partial charge in [-0.05, 0) is 17.7 Å². The monoisotopic (exact) mass is 284 g/mol. The largest absolute Gasteiger partial charge is 0.365 e. The maximum atomic E-state index is 12.7. The summed E-state index contributed by atoms with van der Waals surface area (Å²) in [5.41, 5.74) is 6.43. The summed E-state index contributed by atoms with van der Waals surface area (Å²) in [4.78, 5) is 11.0. The number of carbonyl (C=O) groups is 1. The number of nitrogens with two attached hydrogens (primary N) is 1. The Kier molecular flexibility index (Phi) is 4.88. The predicted molar refractivity (Wildman–Crippen MR) is 72.7 cm³/mol. The Morgan fingerprint density at radius 3 is 2.58 bits per heavy atom. The molecule has 7 heteroatoms. The zero-order valence-electron chi connectivity index (χ0n) is 10.3. The quantitative estimate of drug-likeness (QED) is 0.897. The van der Waals surface area contributed by atoms with Gasteiger partial charge in [-0.25, -0.2) is 4.39 Å². The molecule has 0 fully saturated rings. The number of aromatic nitrogens is 2. The number of benzene rings is 1. The Morgan fingerprint density at radius 2 is 2.05 bits per heavy atom. The molecule has 3 N–H and O–H groups in total. The van der Waals surface area contributed by atoms with Crippen LogP contribution < -0.4 is 11.1 Å². The molecular formula is C12H14ClFN4O. The number of nitrogens with zero attached hydrogens (tertiary/aromatic N) is 2. The molecule has 102 valence electrons. The van der Waals surface area contributed by atoms with Gasteiger partial charge in [0.15, 0.2) is 0 Å². The smallest absolute Gasteiger partial charge is 0.267 e. The molecule has 1 aromatic carbocycles. The summed E-state index contributed by atoms with van der Waals surface area (Å²) in [6, 6.07) is 7.72. The van der Waals surface area contributed by atoms with E-state index >= 15 is 0 Å². The van der Waals surface area contributed by atoms with Crippen molar-refractivity contribution >= 4 is 24.1 Å². The molecule has 2 rings (SSSR count). The minimum Gasteiger partial charge on any atom is -0.365 e. The molecule has 0 aliphatic rings. The summed E-state index contributed by atoms with van der Waals surface area (Å²) in [5.74, 6) is -0.247. The topological polar surface area (TPSA) is 72.9 Å². The van der Waals surface area contributed by atoms with E-state index in [1.54, 1.807) is 25.2 Å². The molecule has 0 bridgehead atoms. The third-order valence-electron chi connectivity index (χ3n) is 2.52. The van der Waals surface area contributed by atoms with E-state index < -0.39 is 5.91 Å². The van der Waals surface area contributed by atoms with Gasteiger partial charge < -0.3 is 11.1 Å². The lowest BCUT2D eigenvalue weighted by atomic mass is 10.2. The fourth-order valence-electron chi connectivity index (χ4n) is 1.58. The summed E-state index contributed by atoms with van der Waals surface area (Å²) in [6.07, 6.45) is 0. The normalized spacial score (nSPS) is 9.79. The Morgan fingerprint density at radius 1 is 1.42 bits per heavy atom. The molecule has 1 amide bonds. The van der Waals surface area contributed by atoms with Crippen LogP contribution in [0.5, 0.6) is 0 Å². The summed E-state index contributed by atoms with van der Waals surface area (Å²) in [6.45, 7) is 0.496. The van der Waals surface area contributed by atoms with E-state index in [0.717, 1.165) is 5.56 Å². The molecule has 1 heterocycles. The lowest BCUT2D eigenvalue weighted by molar-refractivity contribution is 0.0991. The van der Waals surface area contributed by atoms with Crippen LogP contribution in [0.25, 0.3) is 0 Å². The van der Waals surface area contributed by atoms with Crippen molar-refractivity contribution in [1.29, 1.82) is 0 Å². The maximum Gasteiger partial charge on any atom is 0.267 e. The van der Waals surface area contributed by atoms with E-state index in [-0.39, 0.29) is 18.2 Å². The minimum atomic E-state index is -0.528. The summed E-state index contributed by atoms with van der Waals surface area (Å²) in [7, 11) is 1.64. The van der Waals surface area contributed by atoms with Crippen LogP contribution in [-0.4, -0.2) is 15.7 Å². The number of amides is 1. The molecule has 0 spiro atoms. The SMILES string of the molecule is Cl.Cn1nc(NCc2ccc(F)cc2)cc1C(N)=O. The van der Waals surface area contributed by atoms with Crippen LogP contribution in [0.3, 0.4) is 0 Å². The fraction of sp³-hybridized carbons (Fsp3) is 0.167. The van der Waals surface area contributed by atoms with E-state index in [1.165, 1.54) is 16.8 Å². The number of primary amides is 1. The molecule has 0 atom stereocenters. The van der Waals surface area contributed by atoms with Crippen LogP contribution >= 0.6 is 12.4 Å². The number of nitrogens with one attached hydrogen (secondary N) is 1. The molecule has 0 radical (unpaired) electrons. The van der Waals surface area contributed by atoms with E-state index in [2.05, 4.69) is 10.4 Å². The maximum absolute atomic E-state index is 12.7. The van der Waals surface area contributed by atoms with Gasteiger partial charge in [-0.2, -0.15) is 5.10 Å². The average Bonchev–Trinajstić information content (AvgIpc) is 2.70. The van der Waals surface area contributed by atoms with Crippen molar-refractivity contribution in [2.75, 3.05) is 5.32 Å². The van der Waals surface area contributed by atoms with Crippen molar-refractivity contribution in [2.24, 2.45) is 12.8 Å². The first-order valence-corrected chi connectivity index (χ1v) is 5.38. The number of carbonyl (C=O) groups excluding carboxylic acids is 1. The lowest BCUT2D eigenvalue weighted by Gasteiger charge is -2.02. The van der Waals surface area contributed by atoms with Crippen LogP contribution in [0.2, 0.25) is 0 Å². The Labute approximate surface area is 116 Å². The number of halogens is 2. The van der Waals surface area contributed by atoms with Crippen molar-refractivity contribution in [3.05, 3.63) is 47.4 Å². The molecule has 5 nitrogen and oxygen atoms in total. The van der Waals surface area contributed by atoms with E-state index in [0.29, 0.717) is 18.1 Å². The van der Waals surface area contributed by atoms with E-state index in [4.69, 9.17) is 5.73 Å². The van der Waals surface area contributed by atoms with Crippen molar-refractivity contribution in [1.82, 2.24) is 9.78 Å². The second kappa shape index (κ2) is 6.19. The van der Waals surface area contributed by atoms with E-state index in [1.807, 2.05) is 0 Å². The van der Waals surface area contributed by atoms with Gasteiger partial charge in [0, 0.05) is 19.7 Å². The number of hydrogen-bond acceptors (Lipinski definition) is 3. The second-order valence-corrected chi connectivity index (χ2v) is 3.88. The standard InChI is InChI=1S/C12H13FN4O.ClH/c1-17-10(12(14)18)6-11(16-17)15-7-8-2-4-9(13)5-3-8;/h2-6H,7H2,1H3,(H2,14,18)(H,15,16);1H. The molecule has 1 aromatic heterocycles. The number of hydrogen-bond donors (Lipinski definition) is 2. The van der Waals surface area contributed by atoms with Gasteiger partial charge in [0.2, 0.25) is 0 Å².